The number of hydrogen-bond donors (Lipinski definition) is 1. The smallest absolute Gasteiger partial charge is 0.0314 e. The highest BCUT2D eigenvalue weighted by Crippen LogP contribution is 2.33. The van der Waals surface area contributed by atoms with Crippen molar-refractivity contribution in [2.75, 3.05) is 0 Å². The summed E-state index contributed by atoms with van der Waals surface area (Å²) in [6, 6.07) is 17.6. The van der Waals surface area contributed by atoms with Gasteiger partial charge < -0.3 is 5.32 Å². The molecule has 2 aromatic rings. The molecule has 0 bridgehead atoms. The summed E-state index contributed by atoms with van der Waals surface area (Å²) < 4.78 is 1.14. The number of hydrogen-bond acceptors (Lipinski definition) is 2. The third kappa shape index (κ3) is 4.68. The Bertz CT molecular complexity index is 523. The molecule has 0 saturated heterocycles. The van der Waals surface area contributed by atoms with Gasteiger partial charge in [0.2, 0.25) is 0 Å². The SMILES string of the molecule is CC(C)NCc1ccc(Sc2ccccc2Br)cc1. The average molecular weight is 336 g/mol. The minimum absolute atomic E-state index is 0.523. The van der Waals surface area contributed by atoms with Gasteiger partial charge in [0.1, 0.15) is 0 Å². The van der Waals surface area contributed by atoms with Gasteiger partial charge in [-0.25, -0.2) is 0 Å². The highest BCUT2D eigenvalue weighted by Gasteiger charge is 2.02. The predicted molar refractivity (Wildman–Crippen MR) is 86.7 cm³/mol. The van der Waals surface area contributed by atoms with Crippen molar-refractivity contribution < 1.29 is 0 Å². The van der Waals surface area contributed by atoms with Crippen LogP contribution in [0.4, 0.5) is 0 Å². The predicted octanol–water partition coefficient (Wildman–Crippen LogP) is 5.10. The Kier molecular flexibility index (Phi) is 5.49. The number of benzene rings is 2. The first-order valence-electron chi connectivity index (χ1n) is 6.40. The van der Waals surface area contributed by atoms with Crippen LogP contribution in [0.5, 0.6) is 0 Å². The quantitative estimate of drug-likeness (QED) is 0.815. The zero-order chi connectivity index (χ0) is 13.7. The van der Waals surface area contributed by atoms with Crippen molar-refractivity contribution in [1.29, 1.82) is 0 Å². The molecule has 1 nitrogen and oxygen atoms in total. The second-order valence-electron chi connectivity index (χ2n) is 4.71. The first-order chi connectivity index (χ1) is 9.15. The Labute approximate surface area is 127 Å². The molecule has 0 atom stereocenters. The third-order valence-corrected chi connectivity index (χ3v) is 4.74. The van der Waals surface area contributed by atoms with E-state index in [-0.39, 0.29) is 0 Å². The summed E-state index contributed by atoms with van der Waals surface area (Å²) >= 11 is 5.36. The Morgan fingerprint density at radius 1 is 1.05 bits per heavy atom. The van der Waals surface area contributed by atoms with E-state index < -0.39 is 0 Å². The van der Waals surface area contributed by atoms with E-state index >= 15 is 0 Å². The third-order valence-electron chi connectivity index (χ3n) is 2.70. The second kappa shape index (κ2) is 7.13. The van der Waals surface area contributed by atoms with Crippen LogP contribution in [0.3, 0.4) is 0 Å². The lowest BCUT2D eigenvalue weighted by molar-refractivity contribution is 0.588. The zero-order valence-corrected chi connectivity index (χ0v) is 13.6. The monoisotopic (exact) mass is 335 g/mol. The van der Waals surface area contributed by atoms with Crippen LogP contribution in [-0.2, 0) is 6.54 Å². The summed E-state index contributed by atoms with van der Waals surface area (Å²) in [5.74, 6) is 0. The molecule has 19 heavy (non-hydrogen) atoms. The highest BCUT2D eigenvalue weighted by molar-refractivity contribution is 9.10. The van der Waals surface area contributed by atoms with Crippen molar-refractivity contribution in [1.82, 2.24) is 5.32 Å². The molecule has 0 unspecified atom stereocenters. The van der Waals surface area contributed by atoms with Crippen molar-refractivity contribution in [3.8, 4) is 0 Å². The Morgan fingerprint density at radius 2 is 1.74 bits per heavy atom. The van der Waals surface area contributed by atoms with Crippen molar-refractivity contribution in [2.24, 2.45) is 0 Å². The van der Waals surface area contributed by atoms with Gasteiger partial charge in [-0.1, -0.05) is 49.9 Å². The van der Waals surface area contributed by atoms with E-state index in [1.807, 2.05) is 6.07 Å². The van der Waals surface area contributed by atoms with Crippen LogP contribution < -0.4 is 5.32 Å². The van der Waals surface area contributed by atoms with E-state index in [0.717, 1.165) is 11.0 Å². The summed E-state index contributed by atoms with van der Waals surface area (Å²) in [5, 5.41) is 3.43. The molecule has 0 aliphatic carbocycles. The van der Waals surface area contributed by atoms with Crippen LogP contribution >= 0.6 is 27.7 Å². The first kappa shape index (κ1) is 14.6. The number of halogens is 1. The molecule has 0 aromatic heterocycles. The van der Waals surface area contributed by atoms with Gasteiger partial charge in [0.05, 0.1) is 0 Å². The lowest BCUT2D eigenvalue weighted by Gasteiger charge is -2.09. The van der Waals surface area contributed by atoms with Gasteiger partial charge in [-0.15, -0.1) is 0 Å². The van der Waals surface area contributed by atoms with Gasteiger partial charge in [-0.3, -0.25) is 0 Å². The molecule has 0 amide bonds. The fourth-order valence-electron chi connectivity index (χ4n) is 1.65. The van der Waals surface area contributed by atoms with Gasteiger partial charge >= 0.3 is 0 Å². The maximum atomic E-state index is 3.58. The molecule has 0 aliphatic rings. The molecule has 0 saturated carbocycles. The van der Waals surface area contributed by atoms with Crippen LogP contribution in [-0.4, -0.2) is 6.04 Å². The van der Waals surface area contributed by atoms with Crippen LogP contribution in [0, 0.1) is 0 Å². The summed E-state index contributed by atoms with van der Waals surface area (Å²) in [7, 11) is 0. The summed E-state index contributed by atoms with van der Waals surface area (Å²) in [6.45, 7) is 5.26. The minimum Gasteiger partial charge on any atom is -0.310 e. The zero-order valence-electron chi connectivity index (χ0n) is 11.2. The standard InChI is InChI=1S/C16H18BrNS/c1-12(2)18-11-13-7-9-14(10-8-13)19-16-6-4-3-5-15(16)17/h3-10,12,18H,11H2,1-2H3. The number of rotatable bonds is 5. The lowest BCUT2D eigenvalue weighted by Crippen LogP contribution is -2.21. The van der Waals surface area contributed by atoms with E-state index in [1.54, 1.807) is 11.8 Å². The van der Waals surface area contributed by atoms with Crippen LogP contribution in [0.15, 0.2) is 62.8 Å². The molecule has 100 valence electrons. The maximum absolute atomic E-state index is 3.58. The van der Waals surface area contributed by atoms with Crippen molar-refractivity contribution in [3.05, 3.63) is 58.6 Å². The normalized spacial score (nSPS) is 10.9. The Morgan fingerprint density at radius 3 is 2.37 bits per heavy atom. The van der Waals surface area contributed by atoms with Crippen molar-refractivity contribution in [3.63, 3.8) is 0 Å². The van der Waals surface area contributed by atoms with Crippen molar-refractivity contribution >= 4 is 27.7 Å². The van der Waals surface area contributed by atoms with Crippen LogP contribution in [0.25, 0.3) is 0 Å². The molecule has 0 aliphatic heterocycles. The maximum Gasteiger partial charge on any atom is 0.0314 e. The van der Waals surface area contributed by atoms with E-state index in [1.165, 1.54) is 15.4 Å². The topological polar surface area (TPSA) is 12.0 Å². The van der Waals surface area contributed by atoms with E-state index in [9.17, 15) is 0 Å². The van der Waals surface area contributed by atoms with Crippen LogP contribution in [0.1, 0.15) is 19.4 Å². The largest absolute Gasteiger partial charge is 0.310 e. The number of nitrogens with one attached hydrogen (secondary N) is 1. The summed E-state index contributed by atoms with van der Waals surface area (Å²) in [6.07, 6.45) is 0. The summed E-state index contributed by atoms with van der Waals surface area (Å²) in [4.78, 5) is 2.51. The Balaban J connectivity index is 2.01. The molecule has 0 fully saturated rings. The molecular weight excluding hydrogens is 318 g/mol. The van der Waals surface area contributed by atoms with Gasteiger partial charge in [-0.05, 0) is 45.8 Å². The van der Waals surface area contributed by atoms with Crippen molar-refractivity contribution in [2.45, 2.75) is 36.2 Å². The fourth-order valence-corrected chi connectivity index (χ4v) is 3.02. The van der Waals surface area contributed by atoms with Gasteiger partial charge in [0.15, 0.2) is 0 Å². The highest BCUT2D eigenvalue weighted by atomic mass is 79.9. The van der Waals surface area contributed by atoms with E-state index in [2.05, 4.69) is 77.6 Å². The molecule has 0 radical (unpaired) electrons. The summed E-state index contributed by atoms with van der Waals surface area (Å²) in [5.41, 5.74) is 1.32. The first-order valence-corrected chi connectivity index (χ1v) is 8.01. The lowest BCUT2D eigenvalue weighted by atomic mass is 10.2. The van der Waals surface area contributed by atoms with Crippen LogP contribution in [0.2, 0.25) is 0 Å². The molecule has 2 rings (SSSR count). The van der Waals surface area contributed by atoms with E-state index in [4.69, 9.17) is 0 Å². The van der Waals surface area contributed by atoms with Gasteiger partial charge in [0, 0.05) is 26.9 Å². The molecule has 0 spiro atoms. The van der Waals surface area contributed by atoms with Gasteiger partial charge in [0.25, 0.3) is 0 Å². The minimum atomic E-state index is 0.523. The molecule has 2 aromatic carbocycles. The average Bonchev–Trinajstić information content (AvgIpc) is 2.40. The Hall–Kier alpha value is -0.770. The second-order valence-corrected chi connectivity index (χ2v) is 6.68. The van der Waals surface area contributed by atoms with Gasteiger partial charge in [-0.2, -0.15) is 0 Å². The fraction of sp³-hybridized carbons (Fsp3) is 0.250. The molecular formula is C16H18BrNS. The molecule has 1 N–H and O–H groups in total. The van der Waals surface area contributed by atoms with E-state index in [0.29, 0.717) is 6.04 Å². The molecule has 0 heterocycles. The molecule has 3 heteroatoms.